The molecule has 0 atom stereocenters. The Morgan fingerprint density at radius 1 is 0.947 bits per heavy atom. The first-order valence-corrected chi connectivity index (χ1v) is 6.30. The van der Waals surface area contributed by atoms with Crippen LogP contribution in [0.4, 0.5) is 0 Å². The zero-order valence-corrected chi connectivity index (χ0v) is 11.0. The first-order chi connectivity index (χ1) is 9.17. The molecule has 0 heterocycles. The number of carbonyl (C=O) groups is 1. The van der Waals surface area contributed by atoms with Crippen molar-refractivity contribution < 1.29 is 4.79 Å². The molecule has 94 valence electrons. The molecule has 3 heteroatoms. The summed E-state index contributed by atoms with van der Waals surface area (Å²) in [4.78, 5) is 11.9. The van der Waals surface area contributed by atoms with Gasteiger partial charge < -0.3 is 0 Å². The fourth-order valence-electron chi connectivity index (χ4n) is 1.82. The van der Waals surface area contributed by atoms with Crippen molar-refractivity contribution in [2.75, 3.05) is 0 Å². The van der Waals surface area contributed by atoms with Crippen LogP contribution >= 0.6 is 11.6 Å². The first kappa shape index (κ1) is 13.3. The number of benzene rings is 2. The summed E-state index contributed by atoms with van der Waals surface area (Å²) in [5.74, 6) is 0.145. The lowest BCUT2D eigenvalue weighted by Gasteiger charge is -2.02. The summed E-state index contributed by atoms with van der Waals surface area (Å²) in [5, 5.41) is 9.37. The van der Waals surface area contributed by atoms with Gasteiger partial charge in [-0.25, -0.2) is 0 Å². The molecule has 0 radical (unpaired) electrons. The molecule has 19 heavy (non-hydrogen) atoms. The number of Topliss-reactive ketones (excluding diaryl/α,β-unsaturated/α-hetero) is 1. The van der Waals surface area contributed by atoms with Gasteiger partial charge in [0.2, 0.25) is 0 Å². The Kier molecular flexibility index (Phi) is 4.33. The molecule has 0 fully saturated rings. The second-order valence-corrected chi connectivity index (χ2v) is 4.76. The van der Waals surface area contributed by atoms with Crippen LogP contribution in [0.3, 0.4) is 0 Å². The van der Waals surface area contributed by atoms with Crippen LogP contribution in [0.2, 0.25) is 5.02 Å². The number of rotatable bonds is 4. The van der Waals surface area contributed by atoms with E-state index in [9.17, 15) is 4.79 Å². The highest BCUT2D eigenvalue weighted by molar-refractivity contribution is 6.30. The van der Waals surface area contributed by atoms with Crippen LogP contribution < -0.4 is 0 Å². The number of halogens is 1. The number of ketones is 1. The predicted molar refractivity (Wildman–Crippen MR) is 75.0 cm³/mol. The molecule has 0 aliphatic rings. The summed E-state index contributed by atoms with van der Waals surface area (Å²) < 4.78 is 0. The Morgan fingerprint density at radius 3 is 1.89 bits per heavy atom. The van der Waals surface area contributed by atoms with Crippen molar-refractivity contribution in [2.45, 2.75) is 12.8 Å². The second-order valence-electron chi connectivity index (χ2n) is 4.33. The van der Waals surface area contributed by atoms with Gasteiger partial charge in [-0.15, -0.1) is 0 Å². The number of nitrogens with zero attached hydrogens (tertiary/aromatic N) is 1. The van der Waals surface area contributed by atoms with E-state index in [2.05, 4.69) is 6.07 Å². The zero-order chi connectivity index (χ0) is 13.7. The van der Waals surface area contributed by atoms with E-state index in [0.29, 0.717) is 23.4 Å². The molecule has 2 aromatic carbocycles. The van der Waals surface area contributed by atoms with Crippen molar-refractivity contribution in [1.29, 1.82) is 5.26 Å². The number of hydrogen-bond donors (Lipinski definition) is 0. The Bertz CT molecular complexity index is 609. The quantitative estimate of drug-likeness (QED) is 0.851. The molecule has 0 amide bonds. The molecule has 0 saturated carbocycles. The van der Waals surface area contributed by atoms with Crippen molar-refractivity contribution in [3.8, 4) is 6.07 Å². The Hall–Kier alpha value is -2.11. The molecule has 0 aliphatic carbocycles. The predicted octanol–water partition coefficient (Wildman–Crippen LogP) is 3.57. The molecule has 0 spiro atoms. The summed E-state index contributed by atoms with van der Waals surface area (Å²) in [7, 11) is 0. The molecule has 2 nitrogen and oxygen atoms in total. The average molecular weight is 270 g/mol. The maximum atomic E-state index is 11.9. The Labute approximate surface area is 117 Å². The van der Waals surface area contributed by atoms with Gasteiger partial charge in [0.15, 0.2) is 0 Å². The maximum Gasteiger partial charge on any atom is 0.141 e. The van der Waals surface area contributed by atoms with E-state index in [1.165, 1.54) is 0 Å². The van der Waals surface area contributed by atoms with Crippen molar-refractivity contribution in [3.05, 3.63) is 70.2 Å². The fourth-order valence-corrected chi connectivity index (χ4v) is 1.94. The standard InChI is InChI=1S/C16H12ClNO/c17-15-7-5-13(6-8-15)10-16(19)9-12-1-3-14(11-18)4-2-12/h1-8H,9-10H2. The summed E-state index contributed by atoms with van der Waals surface area (Å²) in [6.45, 7) is 0. The van der Waals surface area contributed by atoms with Crippen LogP contribution in [0.15, 0.2) is 48.5 Å². The minimum atomic E-state index is 0.145. The Morgan fingerprint density at radius 2 is 1.42 bits per heavy atom. The van der Waals surface area contributed by atoms with E-state index >= 15 is 0 Å². The Balaban J connectivity index is 1.97. The van der Waals surface area contributed by atoms with Crippen molar-refractivity contribution in [2.24, 2.45) is 0 Å². The first-order valence-electron chi connectivity index (χ1n) is 5.92. The maximum absolute atomic E-state index is 11.9. The van der Waals surface area contributed by atoms with Crippen molar-refractivity contribution in [3.63, 3.8) is 0 Å². The van der Waals surface area contributed by atoms with Crippen LogP contribution in [-0.2, 0) is 17.6 Å². The molecule has 2 aromatic rings. The molecule has 0 aromatic heterocycles. The van der Waals surface area contributed by atoms with Gasteiger partial charge in [0, 0.05) is 17.9 Å². The molecule has 2 rings (SSSR count). The monoisotopic (exact) mass is 269 g/mol. The van der Waals surface area contributed by atoms with Crippen molar-refractivity contribution in [1.82, 2.24) is 0 Å². The molecule has 0 saturated heterocycles. The highest BCUT2D eigenvalue weighted by Gasteiger charge is 2.05. The van der Waals surface area contributed by atoms with Crippen LogP contribution in [0.1, 0.15) is 16.7 Å². The van der Waals surface area contributed by atoms with Crippen molar-refractivity contribution >= 4 is 17.4 Å². The third-order valence-electron chi connectivity index (χ3n) is 2.80. The van der Waals surface area contributed by atoms with Gasteiger partial charge in [0.25, 0.3) is 0 Å². The third kappa shape index (κ3) is 3.94. The summed E-state index contributed by atoms with van der Waals surface area (Å²) >= 11 is 5.80. The molecule has 0 aliphatic heterocycles. The topological polar surface area (TPSA) is 40.9 Å². The SMILES string of the molecule is N#Cc1ccc(CC(=O)Cc2ccc(Cl)cc2)cc1. The van der Waals surface area contributed by atoms with Crippen LogP contribution in [0.5, 0.6) is 0 Å². The minimum Gasteiger partial charge on any atom is -0.299 e. The fraction of sp³-hybridized carbons (Fsp3) is 0.125. The summed E-state index contributed by atoms with van der Waals surface area (Å²) in [5.41, 5.74) is 2.50. The highest BCUT2D eigenvalue weighted by Crippen LogP contribution is 2.11. The lowest BCUT2D eigenvalue weighted by atomic mass is 10.0. The van der Waals surface area contributed by atoms with E-state index in [4.69, 9.17) is 16.9 Å². The van der Waals surface area contributed by atoms with Gasteiger partial charge in [0.1, 0.15) is 5.78 Å². The number of carbonyl (C=O) groups excluding carboxylic acids is 1. The van der Waals surface area contributed by atoms with E-state index in [1.807, 2.05) is 24.3 Å². The van der Waals surface area contributed by atoms with E-state index in [-0.39, 0.29) is 5.78 Å². The van der Waals surface area contributed by atoms with Crippen LogP contribution in [0.25, 0.3) is 0 Å². The van der Waals surface area contributed by atoms with Gasteiger partial charge >= 0.3 is 0 Å². The lowest BCUT2D eigenvalue weighted by molar-refractivity contribution is -0.117. The van der Waals surface area contributed by atoms with Gasteiger partial charge in [-0.1, -0.05) is 35.9 Å². The molecular formula is C16H12ClNO. The summed E-state index contributed by atoms with van der Waals surface area (Å²) in [6, 6.07) is 16.4. The zero-order valence-electron chi connectivity index (χ0n) is 10.3. The minimum absolute atomic E-state index is 0.145. The lowest BCUT2D eigenvalue weighted by Crippen LogP contribution is -2.06. The average Bonchev–Trinajstić information content (AvgIpc) is 2.42. The highest BCUT2D eigenvalue weighted by atomic mass is 35.5. The van der Waals surface area contributed by atoms with Gasteiger partial charge in [0.05, 0.1) is 11.6 Å². The van der Waals surface area contributed by atoms with Crippen LogP contribution in [0, 0.1) is 11.3 Å². The number of nitriles is 1. The molecular weight excluding hydrogens is 258 g/mol. The third-order valence-corrected chi connectivity index (χ3v) is 3.05. The largest absolute Gasteiger partial charge is 0.299 e. The smallest absolute Gasteiger partial charge is 0.141 e. The van der Waals surface area contributed by atoms with Gasteiger partial charge in [-0.3, -0.25) is 4.79 Å². The van der Waals surface area contributed by atoms with E-state index in [1.54, 1.807) is 24.3 Å². The molecule has 0 unspecified atom stereocenters. The normalized spacial score (nSPS) is 9.89. The van der Waals surface area contributed by atoms with Gasteiger partial charge in [-0.2, -0.15) is 5.26 Å². The molecule has 0 bridgehead atoms. The van der Waals surface area contributed by atoms with E-state index < -0.39 is 0 Å². The van der Waals surface area contributed by atoms with E-state index in [0.717, 1.165) is 11.1 Å². The second kappa shape index (κ2) is 6.17. The van der Waals surface area contributed by atoms with Gasteiger partial charge in [-0.05, 0) is 35.4 Å². The number of hydrogen-bond acceptors (Lipinski definition) is 2. The summed E-state index contributed by atoms with van der Waals surface area (Å²) in [6.07, 6.45) is 0.783. The van der Waals surface area contributed by atoms with Crippen LogP contribution in [-0.4, -0.2) is 5.78 Å². The molecule has 0 N–H and O–H groups in total.